The highest BCUT2D eigenvalue weighted by Gasteiger charge is 2.34. The van der Waals surface area contributed by atoms with Crippen LogP contribution >= 0.6 is 11.6 Å². The number of aliphatic imine (C=N–C) groups is 1. The van der Waals surface area contributed by atoms with E-state index in [1.165, 1.54) is 0 Å². The number of nitrogens with one attached hydrogen (secondary N) is 1. The molecule has 2 N–H and O–H groups in total. The number of carbonyl (C=O) groups is 2. The Morgan fingerprint density at radius 3 is 2.56 bits per heavy atom. The van der Waals surface area contributed by atoms with Gasteiger partial charge in [0.15, 0.2) is 5.88 Å². The van der Waals surface area contributed by atoms with Crippen LogP contribution in [0.4, 0.5) is 0 Å². The number of carbonyl (C=O) groups excluding carboxylic acids is 2. The van der Waals surface area contributed by atoms with E-state index < -0.39 is 5.91 Å². The first-order chi connectivity index (χ1) is 13.0. The van der Waals surface area contributed by atoms with Crippen molar-refractivity contribution >= 4 is 29.2 Å². The monoisotopic (exact) mass is 378 g/mol. The molecule has 0 unspecified atom stereocenters. The van der Waals surface area contributed by atoms with Crippen LogP contribution in [0.3, 0.4) is 0 Å². The Morgan fingerprint density at radius 1 is 1.04 bits per heavy atom. The number of halogens is 1. The number of amides is 1. The van der Waals surface area contributed by atoms with Crippen molar-refractivity contribution < 1.29 is 19.4 Å². The van der Waals surface area contributed by atoms with Crippen LogP contribution in [-0.4, -0.2) is 27.7 Å². The van der Waals surface area contributed by atoms with Gasteiger partial charge < -0.3 is 14.8 Å². The fraction of sp³-hybridized carbons (Fsp3) is 0.0500. The number of cyclic esters (lactones) is 1. The molecule has 7 heteroatoms. The number of rotatable bonds is 2. The number of aromatic amines is 1. The number of benzene rings is 2. The smallest absolute Gasteiger partial charge is 0.338 e. The highest BCUT2D eigenvalue weighted by Crippen LogP contribution is 2.39. The van der Waals surface area contributed by atoms with Crippen LogP contribution in [0.15, 0.2) is 47.5 Å². The molecule has 3 aromatic rings. The molecule has 1 aromatic heterocycles. The zero-order valence-corrected chi connectivity index (χ0v) is 14.5. The molecular weight excluding hydrogens is 368 g/mol. The second-order valence-electron chi connectivity index (χ2n) is 6.32. The summed E-state index contributed by atoms with van der Waals surface area (Å²) >= 11 is 5.92. The number of nitrogens with zero attached hydrogens (tertiary/aromatic N) is 1. The third-order valence-corrected chi connectivity index (χ3v) is 4.99. The predicted octanol–water partition coefficient (Wildman–Crippen LogP) is 3.70. The molecule has 2 aliphatic heterocycles. The van der Waals surface area contributed by atoms with Gasteiger partial charge >= 0.3 is 5.97 Å². The number of hydrogen-bond donors (Lipinski definition) is 2. The van der Waals surface area contributed by atoms with Crippen molar-refractivity contribution in [1.29, 1.82) is 0 Å². The average Bonchev–Trinajstić information content (AvgIpc) is 3.31. The molecule has 0 saturated carbocycles. The molecule has 0 spiro atoms. The van der Waals surface area contributed by atoms with E-state index in [9.17, 15) is 14.7 Å². The van der Waals surface area contributed by atoms with E-state index in [0.29, 0.717) is 44.2 Å². The van der Waals surface area contributed by atoms with Gasteiger partial charge in [0.1, 0.15) is 6.61 Å². The molecule has 0 aliphatic carbocycles. The first-order valence-corrected chi connectivity index (χ1v) is 8.55. The van der Waals surface area contributed by atoms with Crippen LogP contribution in [0.25, 0.3) is 11.3 Å². The highest BCUT2D eigenvalue weighted by molar-refractivity contribution is 6.32. The molecule has 0 bridgehead atoms. The number of H-pyrrole nitrogens is 1. The van der Waals surface area contributed by atoms with E-state index in [1.54, 1.807) is 42.5 Å². The first-order valence-electron chi connectivity index (χ1n) is 8.17. The second-order valence-corrected chi connectivity index (χ2v) is 6.76. The van der Waals surface area contributed by atoms with Crippen LogP contribution < -0.4 is 0 Å². The number of fused-ring (bicyclic) bond motifs is 2. The van der Waals surface area contributed by atoms with Crippen molar-refractivity contribution in [2.75, 3.05) is 0 Å². The number of aromatic nitrogens is 1. The third-order valence-electron chi connectivity index (χ3n) is 4.73. The fourth-order valence-corrected chi connectivity index (χ4v) is 3.59. The van der Waals surface area contributed by atoms with E-state index in [2.05, 4.69) is 9.98 Å². The van der Waals surface area contributed by atoms with E-state index >= 15 is 0 Å². The Bertz CT molecular complexity index is 1180. The minimum absolute atomic E-state index is 0.132. The lowest BCUT2D eigenvalue weighted by Crippen LogP contribution is -1.99. The maximum Gasteiger partial charge on any atom is 0.338 e. The molecule has 0 atom stereocenters. The summed E-state index contributed by atoms with van der Waals surface area (Å²) in [7, 11) is 0. The molecule has 3 heterocycles. The molecule has 0 radical (unpaired) electrons. The lowest BCUT2D eigenvalue weighted by atomic mass is 9.98. The Hall–Kier alpha value is -3.38. The SMILES string of the molecule is O=C1OCc2cc(-c3[nH]c(O)c4c3C(=O)N=C4c3ccc(Cl)cc3)ccc21. The van der Waals surface area contributed by atoms with Crippen molar-refractivity contribution in [2.45, 2.75) is 6.61 Å². The summed E-state index contributed by atoms with van der Waals surface area (Å²) < 4.78 is 5.02. The summed E-state index contributed by atoms with van der Waals surface area (Å²) in [5, 5.41) is 11.0. The number of aromatic hydroxyl groups is 1. The van der Waals surface area contributed by atoms with Crippen molar-refractivity contribution in [3.05, 3.63) is 75.3 Å². The van der Waals surface area contributed by atoms with Crippen molar-refractivity contribution in [2.24, 2.45) is 4.99 Å². The predicted molar refractivity (Wildman–Crippen MR) is 98.4 cm³/mol. The molecule has 6 nitrogen and oxygen atoms in total. The molecule has 2 aromatic carbocycles. The van der Waals surface area contributed by atoms with E-state index in [4.69, 9.17) is 16.3 Å². The number of esters is 1. The summed E-state index contributed by atoms with van der Waals surface area (Å²) in [5.41, 5.74) is 4.13. The van der Waals surface area contributed by atoms with Crippen LogP contribution in [0, 0.1) is 0 Å². The van der Waals surface area contributed by atoms with Crippen LogP contribution in [0.1, 0.15) is 37.4 Å². The Kier molecular flexibility index (Phi) is 3.26. The fourth-order valence-electron chi connectivity index (χ4n) is 3.47. The van der Waals surface area contributed by atoms with Gasteiger partial charge in [-0.05, 0) is 29.8 Å². The average molecular weight is 379 g/mol. The van der Waals surface area contributed by atoms with E-state index in [-0.39, 0.29) is 18.5 Å². The van der Waals surface area contributed by atoms with Gasteiger partial charge in [0.05, 0.1) is 28.1 Å². The van der Waals surface area contributed by atoms with E-state index in [0.717, 1.165) is 5.56 Å². The minimum Gasteiger partial charge on any atom is -0.494 e. The molecular formula is C20H11ClN2O4. The van der Waals surface area contributed by atoms with Crippen molar-refractivity contribution in [3.8, 4) is 17.1 Å². The standard InChI is InChI=1S/C20H11ClN2O4/c21-12-4-1-9(2-5-12)16-14-15(19(25)22-16)17(23-18(14)24)10-3-6-13-11(7-10)8-27-20(13)26/h1-7,23-24H,8H2. The second kappa shape index (κ2) is 5.56. The van der Waals surface area contributed by atoms with Gasteiger partial charge in [-0.25, -0.2) is 9.79 Å². The lowest BCUT2D eigenvalue weighted by Gasteiger charge is -2.02. The number of hydrogen-bond acceptors (Lipinski definition) is 4. The summed E-state index contributed by atoms with van der Waals surface area (Å²) in [5.74, 6) is -0.928. The number of ether oxygens (including phenoxy) is 1. The topological polar surface area (TPSA) is 91.8 Å². The molecule has 132 valence electrons. The quantitative estimate of drug-likeness (QED) is 0.665. The van der Waals surface area contributed by atoms with Gasteiger partial charge in [0, 0.05) is 16.1 Å². The molecule has 2 aliphatic rings. The van der Waals surface area contributed by atoms with Gasteiger partial charge in [0.25, 0.3) is 5.91 Å². The van der Waals surface area contributed by atoms with Crippen LogP contribution in [0.5, 0.6) is 5.88 Å². The van der Waals surface area contributed by atoms with Gasteiger partial charge in [0.2, 0.25) is 0 Å². The maximum atomic E-state index is 12.6. The van der Waals surface area contributed by atoms with Gasteiger partial charge in [-0.3, -0.25) is 4.79 Å². The normalized spacial score (nSPS) is 14.8. The Morgan fingerprint density at radius 2 is 1.78 bits per heavy atom. The summed E-state index contributed by atoms with van der Waals surface area (Å²) in [6.07, 6.45) is 0. The molecule has 1 amide bonds. The van der Waals surface area contributed by atoms with Crippen LogP contribution in [-0.2, 0) is 11.3 Å². The maximum absolute atomic E-state index is 12.6. The highest BCUT2D eigenvalue weighted by atomic mass is 35.5. The summed E-state index contributed by atoms with van der Waals surface area (Å²) in [6.45, 7) is 0.192. The van der Waals surface area contributed by atoms with E-state index in [1.807, 2.05) is 0 Å². The van der Waals surface area contributed by atoms with Crippen molar-refractivity contribution in [1.82, 2.24) is 4.98 Å². The first kappa shape index (κ1) is 15.8. The zero-order chi connectivity index (χ0) is 18.7. The summed E-state index contributed by atoms with van der Waals surface area (Å²) in [4.78, 5) is 31.2. The molecule has 5 rings (SSSR count). The third kappa shape index (κ3) is 2.30. The minimum atomic E-state index is -0.436. The lowest BCUT2D eigenvalue weighted by molar-refractivity contribution is 0.0535. The Labute approximate surface area is 158 Å². The van der Waals surface area contributed by atoms with Gasteiger partial charge in [-0.1, -0.05) is 29.8 Å². The van der Waals surface area contributed by atoms with Crippen LogP contribution in [0.2, 0.25) is 5.02 Å². The Balaban J connectivity index is 1.64. The molecule has 0 fully saturated rings. The van der Waals surface area contributed by atoms with Gasteiger partial charge in [-0.2, -0.15) is 0 Å². The zero-order valence-electron chi connectivity index (χ0n) is 13.7. The molecule has 0 saturated heterocycles. The van der Waals surface area contributed by atoms with Gasteiger partial charge in [-0.15, -0.1) is 0 Å². The molecule has 27 heavy (non-hydrogen) atoms. The van der Waals surface area contributed by atoms with Crippen molar-refractivity contribution in [3.63, 3.8) is 0 Å². The largest absolute Gasteiger partial charge is 0.494 e. The summed E-state index contributed by atoms with van der Waals surface area (Å²) in [6, 6.07) is 12.0.